The quantitative estimate of drug-likeness (QED) is 0.499. The summed E-state index contributed by atoms with van der Waals surface area (Å²) in [6, 6.07) is 9.08. The number of rotatable bonds is 5. The Morgan fingerprint density at radius 3 is 2.39 bits per heavy atom. The topological polar surface area (TPSA) is 55.4 Å². The van der Waals surface area contributed by atoms with Gasteiger partial charge in [-0.25, -0.2) is 4.79 Å². The SMILES string of the molecule is CCOC(=O)C(C(=O)Nc1ccccc1)[S+](C)C. The van der Waals surface area contributed by atoms with E-state index in [1.807, 2.05) is 30.7 Å². The molecule has 0 aliphatic carbocycles. The van der Waals surface area contributed by atoms with Crippen LogP contribution in [0.15, 0.2) is 30.3 Å². The van der Waals surface area contributed by atoms with E-state index in [0.29, 0.717) is 5.69 Å². The van der Waals surface area contributed by atoms with Gasteiger partial charge in [-0.2, -0.15) is 0 Å². The number of ether oxygens (including phenoxy) is 1. The molecule has 0 aliphatic rings. The third kappa shape index (κ3) is 4.07. The zero-order valence-electron chi connectivity index (χ0n) is 10.8. The van der Waals surface area contributed by atoms with Gasteiger partial charge in [-0.15, -0.1) is 0 Å². The fraction of sp³-hybridized carbons (Fsp3) is 0.385. The molecule has 0 spiro atoms. The summed E-state index contributed by atoms with van der Waals surface area (Å²) < 4.78 is 4.93. The molecule has 1 rings (SSSR count). The number of carbonyl (C=O) groups excluding carboxylic acids is 2. The van der Waals surface area contributed by atoms with E-state index in [0.717, 1.165) is 0 Å². The molecule has 98 valence electrons. The Bertz CT molecular complexity index is 406. The first-order chi connectivity index (χ1) is 8.56. The number of nitrogens with one attached hydrogen (secondary N) is 1. The first-order valence-corrected chi connectivity index (χ1v) is 7.75. The standard InChI is InChI=1S/C13H17NO3S/c1-4-17-13(16)11(18(2)3)12(15)14-10-8-6-5-7-9-10/h5-9,11H,4H2,1-3H3/p+1. The second-order valence-electron chi connectivity index (χ2n) is 3.87. The zero-order valence-corrected chi connectivity index (χ0v) is 11.6. The summed E-state index contributed by atoms with van der Waals surface area (Å²) in [5, 5.41) is 1.98. The number of hydrogen-bond acceptors (Lipinski definition) is 3. The van der Waals surface area contributed by atoms with E-state index in [1.54, 1.807) is 19.1 Å². The van der Waals surface area contributed by atoms with Crippen LogP contribution < -0.4 is 5.32 Å². The fourth-order valence-electron chi connectivity index (χ4n) is 1.46. The van der Waals surface area contributed by atoms with Gasteiger partial charge in [0.25, 0.3) is 11.2 Å². The van der Waals surface area contributed by atoms with Crippen LogP contribution >= 0.6 is 0 Å². The summed E-state index contributed by atoms with van der Waals surface area (Å²) >= 11 is 0. The van der Waals surface area contributed by atoms with Gasteiger partial charge in [0.05, 0.1) is 19.1 Å². The van der Waals surface area contributed by atoms with E-state index < -0.39 is 11.2 Å². The molecule has 1 aromatic rings. The molecular formula is C13H18NO3S+. The molecule has 1 atom stereocenters. The minimum atomic E-state index is -0.745. The molecule has 0 heterocycles. The molecule has 0 aromatic heterocycles. The Balaban J connectivity index is 2.75. The highest BCUT2D eigenvalue weighted by molar-refractivity contribution is 7.97. The van der Waals surface area contributed by atoms with Crippen molar-refractivity contribution in [3.8, 4) is 0 Å². The van der Waals surface area contributed by atoms with Gasteiger partial charge in [-0.05, 0) is 19.1 Å². The van der Waals surface area contributed by atoms with Crippen LogP contribution in [0.2, 0.25) is 0 Å². The summed E-state index contributed by atoms with van der Waals surface area (Å²) in [5.74, 6) is -0.771. The number of hydrogen-bond donors (Lipinski definition) is 1. The molecule has 0 fully saturated rings. The second-order valence-corrected chi connectivity index (χ2v) is 6.10. The average Bonchev–Trinajstić information content (AvgIpc) is 2.30. The maximum atomic E-state index is 12.1. The lowest BCUT2D eigenvalue weighted by atomic mass is 10.3. The largest absolute Gasteiger partial charge is 0.462 e. The van der Waals surface area contributed by atoms with Crippen molar-refractivity contribution in [3.05, 3.63) is 30.3 Å². The van der Waals surface area contributed by atoms with Crippen LogP contribution in [-0.2, 0) is 25.2 Å². The first kappa shape index (κ1) is 14.6. The van der Waals surface area contributed by atoms with Gasteiger partial charge in [0.1, 0.15) is 0 Å². The molecule has 1 unspecified atom stereocenters. The van der Waals surface area contributed by atoms with E-state index in [1.165, 1.54) is 0 Å². The van der Waals surface area contributed by atoms with Crippen molar-refractivity contribution in [1.29, 1.82) is 0 Å². The van der Waals surface area contributed by atoms with E-state index in [9.17, 15) is 9.59 Å². The van der Waals surface area contributed by atoms with Gasteiger partial charge in [0.15, 0.2) is 0 Å². The van der Waals surface area contributed by atoms with Crippen LogP contribution in [0.25, 0.3) is 0 Å². The molecule has 0 saturated carbocycles. The van der Waals surface area contributed by atoms with Gasteiger partial charge in [0, 0.05) is 16.6 Å². The fourth-order valence-corrected chi connectivity index (χ4v) is 2.40. The number of esters is 1. The number of anilines is 1. The van der Waals surface area contributed by atoms with Crippen LogP contribution in [0, 0.1) is 0 Å². The molecule has 1 amide bonds. The van der Waals surface area contributed by atoms with Crippen molar-refractivity contribution < 1.29 is 14.3 Å². The highest BCUT2D eigenvalue weighted by Gasteiger charge is 2.39. The normalized spacial score (nSPS) is 12.0. The van der Waals surface area contributed by atoms with Crippen molar-refractivity contribution in [2.24, 2.45) is 0 Å². The third-order valence-electron chi connectivity index (χ3n) is 2.25. The van der Waals surface area contributed by atoms with Gasteiger partial charge >= 0.3 is 5.97 Å². The number of amides is 1. The number of benzene rings is 1. The Kier molecular flexibility index (Phi) is 5.71. The lowest BCUT2D eigenvalue weighted by molar-refractivity contribution is -0.144. The molecule has 18 heavy (non-hydrogen) atoms. The van der Waals surface area contributed by atoms with Crippen LogP contribution in [0.5, 0.6) is 0 Å². The molecule has 0 bridgehead atoms. The molecule has 1 aromatic carbocycles. The van der Waals surface area contributed by atoms with Crippen LogP contribution in [-0.4, -0.2) is 36.2 Å². The predicted octanol–water partition coefficient (Wildman–Crippen LogP) is 1.43. The maximum Gasteiger partial charge on any atom is 0.369 e. The summed E-state index contributed by atoms with van der Waals surface area (Å²) in [4.78, 5) is 23.8. The monoisotopic (exact) mass is 268 g/mol. The van der Waals surface area contributed by atoms with Gasteiger partial charge < -0.3 is 10.1 Å². The Labute approximate surface area is 110 Å². The minimum absolute atomic E-state index is 0.283. The van der Waals surface area contributed by atoms with Gasteiger partial charge in [-0.1, -0.05) is 18.2 Å². The molecule has 1 N–H and O–H groups in total. The molecule has 5 heteroatoms. The van der Waals surface area contributed by atoms with Crippen molar-refractivity contribution in [3.63, 3.8) is 0 Å². The Morgan fingerprint density at radius 1 is 1.28 bits per heavy atom. The van der Waals surface area contributed by atoms with Crippen LogP contribution in [0.3, 0.4) is 0 Å². The summed E-state index contributed by atoms with van der Waals surface area (Å²) in [5.41, 5.74) is 0.683. The van der Waals surface area contributed by atoms with E-state index >= 15 is 0 Å². The van der Waals surface area contributed by atoms with Crippen molar-refractivity contribution in [1.82, 2.24) is 0 Å². The van der Waals surface area contributed by atoms with E-state index in [-0.39, 0.29) is 23.4 Å². The van der Waals surface area contributed by atoms with Gasteiger partial charge in [0.2, 0.25) is 0 Å². The summed E-state index contributed by atoms with van der Waals surface area (Å²) in [6.45, 7) is 2.01. The molecular weight excluding hydrogens is 250 g/mol. The number of carbonyl (C=O) groups is 2. The smallest absolute Gasteiger partial charge is 0.369 e. The Hall–Kier alpha value is -1.49. The molecule has 0 radical (unpaired) electrons. The maximum absolute atomic E-state index is 12.1. The second kappa shape index (κ2) is 7.06. The molecule has 4 nitrogen and oxygen atoms in total. The number of para-hydroxylation sites is 1. The van der Waals surface area contributed by atoms with Gasteiger partial charge in [-0.3, -0.25) is 4.79 Å². The van der Waals surface area contributed by atoms with Crippen LogP contribution in [0.1, 0.15) is 6.92 Å². The molecule has 0 aliphatic heterocycles. The highest BCUT2D eigenvalue weighted by atomic mass is 32.2. The summed E-state index contributed by atoms with van der Waals surface area (Å²) in [6.07, 6.45) is 3.71. The highest BCUT2D eigenvalue weighted by Crippen LogP contribution is 2.10. The lowest BCUT2D eigenvalue weighted by Crippen LogP contribution is -2.41. The lowest BCUT2D eigenvalue weighted by Gasteiger charge is -2.12. The van der Waals surface area contributed by atoms with E-state index in [2.05, 4.69) is 5.32 Å². The van der Waals surface area contributed by atoms with E-state index in [4.69, 9.17) is 4.74 Å². The third-order valence-corrected chi connectivity index (χ3v) is 3.60. The minimum Gasteiger partial charge on any atom is -0.462 e. The zero-order chi connectivity index (χ0) is 13.5. The van der Waals surface area contributed by atoms with Crippen molar-refractivity contribution in [2.75, 3.05) is 24.4 Å². The molecule has 0 saturated heterocycles. The predicted molar refractivity (Wildman–Crippen MR) is 74.7 cm³/mol. The first-order valence-electron chi connectivity index (χ1n) is 5.65. The van der Waals surface area contributed by atoms with Crippen molar-refractivity contribution in [2.45, 2.75) is 12.2 Å². The Morgan fingerprint density at radius 2 is 1.89 bits per heavy atom. The average molecular weight is 268 g/mol. The van der Waals surface area contributed by atoms with Crippen molar-refractivity contribution >= 4 is 28.5 Å². The van der Waals surface area contributed by atoms with Crippen LogP contribution in [0.4, 0.5) is 5.69 Å². The summed E-state index contributed by atoms with van der Waals surface area (Å²) in [7, 11) is -0.375.